The molecule has 6 nitrogen and oxygen atoms in total. The Morgan fingerprint density at radius 3 is 2.92 bits per heavy atom. The summed E-state index contributed by atoms with van der Waals surface area (Å²) in [5.41, 5.74) is 1.99. The number of halogens is 1. The molecule has 0 bridgehead atoms. The number of carbonyl (C=O) groups is 1. The van der Waals surface area contributed by atoms with Crippen molar-refractivity contribution in [3.05, 3.63) is 52.6 Å². The van der Waals surface area contributed by atoms with Gasteiger partial charge in [0.25, 0.3) is 5.91 Å². The van der Waals surface area contributed by atoms with Gasteiger partial charge in [-0.25, -0.2) is 4.98 Å². The van der Waals surface area contributed by atoms with Gasteiger partial charge < -0.3 is 9.47 Å². The van der Waals surface area contributed by atoms with Crippen LogP contribution in [-0.2, 0) is 0 Å². The molecule has 0 fully saturated rings. The Bertz CT molecular complexity index is 915. The van der Waals surface area contributed by atoms with E-state index >= 15 is 0 Å². The predicted molar refractivity (Wildman–Crippen MR) is 102 cm³/mol. The fourth-order valence-corrected chi connectivity index (χ4v) is 3.26. The standard InChI is InChI=1S/C18H16ClN3O3S/c1-3-25-16-13(19)7-12(8-15(16)24-2)17(23)22-18-21-14(10-26-18)11-5-4-6-20-9-11/h4-10H,3H2,1-2H3,(H,21,22,23). The van der Waals surface area contributed by atoms with Crippen molar-refractivity contribution in [3.8, 4) is 22.8 Å². The molecule has 8 heteroatoms. The molecule has 0 unspecified atom stereocenters. The van der Waals surface area contributed by atoms with Gasteiger partial charge in [0, 0.05) is 28.9 Å². The minimum absolute atomic E-state index is 0.312. The first-order chi connectivity index (χ1) is 12.6. The maximum atomic E-state index is 12.5. The van der Waals surface area contributed by atoms with Gasteiger partial charge in [-0.1, -0.05) is 11.6 Å². The Hall–Kier alpha value is -2.64. The highest BCUT2D eigenvalue weighted by molar-refractivity contribution is 7.14. The van der Waals surface area contributed by atoms with Gasteiger partial charge in [-0.2, -0.15) is 0 Å². The summed E-state index contributed by atoms with van der Waals surface area (Å²) in [4.78, 5) is 21.0. The number of aromatic nitrogens is 2. The molecule has 1 aromatic carbocycles. The monoisotopic (exact) mass is 389 g/mol. The fraction of sp³-hybridized carbons (Fsp3) is 0.167. The van der Waals surface area contributed by atoms with E-state index in [1.807, 2.05) is 24.4 Å². The van der Waals surface area contributed by atoms with Crippen molar-refractivity contribution in [1.29, 1.82) is 0 Å². The van der Waals surface area contributed by atoms with Gasteiger partial charge in [0.05, 0.1) is 24.4 Å². The van der Waals surface area contributed by atoms with Gasteiger partial charge >= 0.3 is 0 Å². The zero-order chi connectivity index (χ0) is 18.5. The van der Waals surface area contributed by atoms with Crippen molar-refractivity contribution in [2.75, 3.05) is 19.0 Å². The summed E-state index contributed by atoms with van der Waals surface area (Å²) >= 11 is 7.55. The highest BCUT2D eigenvalue weighted by Crippen LogP contribution is 2.36. The first-order valence-corrected chi connectivity index (χ1v) is 9.05. The third kappa shape index (κ3) is 3.95. The second-order valence-corrected chi connectivity index (χ2v) is 6.42. The number of amides is 1. The summed E-state index contributed by atoms with van der Waals surface area (Å²) < 4.78 is 10.7. The molecule has 3 rings (SSSR count). The zero-order valence-corrected chi connectivity index (χ0v) is 15.7. The largest absolute Gasteiger partial charge is 0.493 e. The highest BCUT2D eigenvalue weighted by atomic mass is 35.5. The van der Waals surface area contributed by atoms with Crippen LogP contribution >= 0.6 is 22.9 Å². The van der Waals surface area contributed by atoms with Crippen LogP contribution in [0.5, 0.6) is 11.5 Å². The Morgan fingerprint density at radius 1 is 1.38 bits per heavy atom. The number of pyridine rings is 1. The lowest BCUT2D eigenvalue weighted by atomic mass is 10.2. The average Bonchev–Trinajstić information content (AvgIpc) is 3.12. The summed E-state index contributed by atoms with van der Waals surface area (Å²) in [7, 11) is 1.50. The number of rotatable bonds is 6. The molecule has 0 aliphatic heterocycles. The van der Waals surface area contributed by atoms with Crippen molar-refractivity contribution in [1.82, 2.24) is 9.97 Å². The van der Waals surface area contributed by atoms with E-state index in [0.29, 0.717) is 33.8 Å². The van der Waals surface area contributed by atoms with Crippen LogP contribution in [0, 0.1) is 0 Å². The number of benzene rings is 1. The van der Waals surface area contributed by atoms with Crippen molar-refractivity contribution in [2.24, 2.45) is 0 Å². The molecule has 0 radical (unpaired) electrons. The summed E-state index contributed by atoms with van der Waals surface area (Å²) in [6, 6.07) is 6.87. The SMILES string of the molecule is CCOc1c(Cl)cc(C(=O)Nc2nc(-c3cccnc3)cs2)cc1OC. The molecule has 1 amide bonds. The van der Waals surface area contributed by atoms with Crippen LogP contribution in [0.1, 0.15) is 17.3 Å². The molecule has 26 heavy (non-hydrogen) atoms. The Kier molecular flexibility index (Phi) is 5.70. The van der Waals surface area contributed by atoms with E-state index in [4.69, 9.17) is 21.1 Å². The van der Waals surface area contributed by atoms with E-state index in [9.17, 15) is 4.79 Å². The van der Waals surface area contributed by atoms with E-state index in [0.717, 1.165) is 11.3 Å². The highest BCUT2D eigenvalue weighted by Gasteiger charge is 2.17. The third-order valence-corrected chi connectivity index (χ3v) is 4.50. The molecular formula is C18H16ClN3O3S. The molecule has 0 saturated carbocycles. The lowest BCUT2D eigenvalue weighted by Crippen LogP contribution is -2.12. The second kappa shape index (κ2) is 8.16. The molecule has 2 aromatic heterocycles. The van der Waals surface area contributed by atoms with Gasteiger partial charge in [-0.05, 0) is 31.2 Å². The average molecular weight is 390 g/mol. The Labute approximate surface area is 159 Å². The molecule has 0 aliphatic carbocycles. The van der Waals surface area contributed by atoms with Crippen LogP contribution in [0.4, 0.5) is 5.13 Å². The van der Waals surface area contributed by atoms with Crippen LogP contribution in [0.25, 0.3) is 11.3 Å². The molecule has 0 spiro atoms. The molecule has 0 aliphatic rings. The van der Waals surface area contributed by atoms with Gasteiger partial charge in [-0.15, -0.1) is 11.3 Å². The number of anilines is 1. The summed E-state index contributed by atoms with van der Waals surface area (Å²) in [6.07, 6.45) is 3.42. The summed E-state index contributed by atoms with van der Waals surface area (Å²) in [6.45, 7) is 2.29. The van der Waals surface area contributed by atoms with Crippen molar-refractivity contribution in [3.63, 3.8) is 0 Å². The van der Waals surface area contributed by atoms with E-state index in [1.165, 1.54) is 18.4 Å². The Balaban J connectivity index is 1.80. The third-order valence-electron chi connectivity index (χ3n) is 3.46. The van der Waals surface area contributed by atoms with Crippen LogP contribution < -0.4 is 14.8 Å². The molecule has 0 saturated heterocycles. The van der Waals surface area contributed by atoms with Gasteiger partial charge in [0.2, 0.25) is 0 Å². The van der Waals surface area contributed by atoms with Crippen molar-refractivity contribution < 1.29 is 14.3 Å². The first kappa shape index (κ1) is 18.2. The molecule has 0 atom stereocenters. The number of nitrogens with zero attached hydrogens (tertiary/aromatic N) is 2. The number of nitrogens with one attached hydrogen (secondary N) is 1. The predicted octanol–water partition coefficient (Wildman–Crippen LogP) is 4.52. The Morgan fingerprint density at radius 2 is 2.23 bits per heavy atom. The van der Waals surface area contributed by atoms with E-state index in [2.05, 4.69) is 15.3 Å². The van der Waals surface area contributed by atoms with Crippen LogP contribution in [-0.4, -0.2) is 29.6 Å². The topological polar surface area (TPSA) is 73.3 Å². The summed E-state index contributed by atoms with van der Waals surface area (Å²) in [5, 5.41) is 5.43. The molecule has 134 valence electrons. The molecule has 2 heterocycles. The van der Waals surface area contributed by atoms with Crippen LogP contribution in [0.15, 0.2) is 42.0 Å². The van der Waals surface area contributed by atoms with Gasteiger partial charge in [-0.3, -0.25) is 15.1 Å². The van der Waals surface area contributed by atoms with Crippen LogP contribution in [0.2, 0.25) is 5.02 Å². The zero-order valence-electron chi connectivity index (χ0n) is 14.2. The van der Waals surface area contributed by atoms with E-state index in [-0.39, 0.29) is 5.91 Å². The van der Waals surface area contributed by atoms with Crippen molar-refractivity contribution >= 4 is 34.0 Å². The number of hydrogen-bond acceptors (Lipinski definition) is 6. The minimum atomic E-state index is -0.333. The minimum Gasteiger partial charge on any atom is -0.493 e. The second-order valence-electron chi connectivity index (χ2n) is 5.16. The maximum absolute atomic E-state index is 12.5. The van der Waals surface area contributed by atoms with E-state index < -0.39 is 0 Å². The molecule has 1 N–H and O–H groups in total. The van der Waals surface area contributed by atoms with Crippen molar-refractivity contribution in [2.45, 2.75) is 6.92 Å². The molecule has 3 aromatic rings. The summed E-state index contributed by atoms with van der Waals surface area (Å²) in [5.74, 6) is 0.487. The lowest BCUT2D eigenvalue weighted by Gasteiger charge is -2.12. The maximum Gasteiger partial charge on any atom is 0.257 e. The number of methoxy groups -OCH3 is 1. The quantitative estimate of drug-likeness (QED) is 0.671. The first-order valence-electron chi connectivity index (χ1n) is 7.80. The smallest absolute Gasteiger partial charge is 0.257 e. The number of carbonyl (C=O) groups excluding carboxylic acids is 1. The fourth-order valence-electron chi connectivity index (χ4n) is 2.28. The van der Waals surface area contributed by atoms with Gasteiger partial charge in [0.15, 0.2) is 16.6 Å². The number of ether oxygens (including phenoxy) is 2. The lowest BCUT2D eigenvalue weighted by molar-refractivity contribution is 0.102. The normalized spacial score (nSPS) is 10.4. The van der Waals surface area contributed by atoms with Gasteiger partial charge in [0.1, 0.15) is 0 Å². The van der Waals surface area contributed by atoms with E-state index in [1.54, 1.807) is 24.5 Å². The number of thiazole rings is 1. The molecular weight excluding hydrogens is 374 g/mol. The van der Waals surface area contributed by atoms with Crippen LogP contribution in [0.3, 0.4) is 0 Å². The number of hydrogen-bond donors (Lipinski definition) is 1.